The lowest BCUT2D eigenvalue weighted by Crippen LogP contribution is -2.56. The maximum absolute atomic E-state index is 13.3. The van der Waals surface area contributed by atoms with Crippen LogP contribution in [0.4, 0.5) is 0 Å². The summed E-state index contributed by atoms with van der Waals surface area (Å²) in [4.78, 5) is 15.3. The summed E-state index contributed by atoms with van der Waals surface area (Å²) in [6.07, 6.45) is 0.316. The van der Waals surface area contributed by atoms with Gasteiger partial charge in [-0.3, -0.25) is 4.79 Å². The van der Waals surface area contributed by atoms with Crippen molar-refractivity contribution in [2.75, 3.05) is 0 Å². The molecule has 2 bridgehead atoms. The molecule has 23 heavy (non-hydrogen) atoms. The molecule has 4 heteroatoms. The van der Waals surface area contributed by atoms with Crippen molar-refractivity contribution in [3.8, 4) is 0 Å². The SMILES string of the molecule is CC(C)(C)N1C(=O)C2C3CC4C(OC1(c1ccccc1)C42)C3O. The third kappa shape index (κ3) is 1.39. The number of amides is 1. The van der Waals surface area contributed by atoms with Crippen LogP contribution >= 0.6 is 0 Å². The highest BCUT2D eigenvalue weighted by molar-refractivity contribution is 5.85. The van der Waals surface area contributed by atoms with Crippen molar-refractivity contribution in [2.24, 2.45) is 23.7 Å². The molecule has 4 aliphatic rings. The lowest BCUT2D eigenvalue weighted by atomic mass is 9.75. The van der Waals surface area contributed by atoms with E-state index < -0.39 is 11.8 Å². The van der Waals surface area contributed by atoms with Crippen molar-refractivity contribution in [2.45, 2.75) is 50.7 Å². The van der Waals surface area contributed by atoms with Crippen molar-refractivity contribution >= 4 is 5.91 Å². The smallest absolute Gasteiger partial charge is 0.229 e. The molecule has 1 amide bonds. The average Bonchev–Trinajstić information content (AvgIpc) is 3.15. The Labute approximate surface area is 136 Å². The number of fused-ring (bicyclic) bond motifs is 2. The molecule has 1 aromatic carbocycles. The van der Waals surface area contributed by atoms with Crippen molar-refractivity contribution in [1.29, 1.82) is 0 Å². The first kappa shape index (κ1) is 14.0. The van der Waals surface area contributed by atoms with Gasteiger partial charge in [0, 0.05) is 17.0 Å². The Balaban J connectivity index is 1.77. The van der Waals surface area contributed by atoms with Crippen molar-refractivity contribution < 1.29 is 14.6 Å². The van der Waals surface area contributed by atoms with E-state index in [1.165, 1.54) is 0 Å². The van der Waals surface area contributed by atoms with Gasteiger partial charge in [-0.1, -0.05) is 30.3 Å². The van der Waals surface area contributed by atoms with Crippen LogP contribution in [0.25, 0.3) is 0 Å². The zero-order chi connectivity index (χ0) is 16.1. The molecule has 0 spiro atoms. The van der Waals surface area contributed by atoms with E-state index >= 15 is 0 Å². The summed E-state index contributed by atoms with van der Waals surface area (Å²) in [5.41, 5.74) is 0.0323. The van der Waals surface area contributed by atoms with Gasteiger partial charge in [0.1, 0.15) is 0 Å². The molecule has 2 aliphatic carbocycles. The van der Waals surface area contributed by atoms with Gasteiger partial charge in [0.25, 0.3) is 0 Å². The van der Waals surface area contributed by atoms with E-state index in [1.54, 1.807) is 0 Å². The van der Waals surface area contributed by atoms with Crippen LogP contribution in [0.3, 0.4) is 0 Å². The lowest BCUT2D eigenvalue weighted by molar-refractivity contribution is -0.199. The van der Waals surface area contributed by atoms with Gasteiger partial charge in [-0.15, -0.1) is 0 Å². The molecule has 1 aromatic rings. The van der Waals surface area contributed by atoms with E-state index in [-0.39, 0.29) is 35.3 Å². The first-order valence-electron chi connectivity index (χ1n) is 8.63. The maximum Gasteiger partial charge on any atom is 0.229 e. The number of aliphatic hydroxyl groups is 1. The van der Waals surface area contributed by atoms with E-state index in [1.807, 2.05) is 23.1 Å². The predicted molar refractivity (Wildman–Crippen MR) is 84.2 cm³/mol. The second-order valence-corrected chi connectivity index (χ2v) is 8.59. The zero-order valence-electron chi connectivity index (χ0n) is 13.8. The number of nitrogens with zero attached hydrogens (tertiary/aromatic N) is 1. The first-order chi connectivity index (χ1) is 10.9. The third-order valence-electron chi connectivity index (χ3n) is 6.51. The molecule has 2 saturated heterocycles. The van der Waals surface area contributed by atoms with Gasteiger partial charge in [-0.25, -0.2) is 0 Å². The second-order valence-electron chi connectivity index (χ2n) is 8.59. The predicted octanol–water partition coefficient (Wildman–Crippen LogP) is 2.12. The van der Waals surface area contributed by atoms with E-state index in [9.17, 15) is 9.90 Å². The Bertz CT molecular complexity index is 682. The third-order valence-corrected chi connectivity index (χ3v) is 6.51. The number of rotatable bonds is 1. The van der Waals surface area contributed by atoms with Gasteiger partial charge in [0.05, 0.1) is 18.1 Å². The lowest BCUT2D eigenvalue weighted by Gasteiger charge is -2.46. The molecule has 4 fully saturated rings. The summed E-state index contributed by atoms with van der Waals surface area (Å²) < 4.78 is 6.58. The quantitative estimate of drug-likeness (QED) is 0.864. The Morgan fingerprint density at radius 2 is 1.91 bits per heavy atom. The summed E-state index contributed by atoms with van der Waals surface area (Å²) >= 11 is 0. The number of likely N-dealkylation sites (tertiary alicyclic amines) is 1. The molecule has 2 aliphatic heterocycles. The summed E-state index contributed by atoms with van der Waals surface area (Å²) in [7, 11) is 0. The highest BCUT2D eigenvalue weighted by Crippen LogP contribution is 2.71. The fourth-order valence-electron chi connectivity index (χ4n) is 6.05. The molecule has 2 heterocycles. The van der Waals surface area contributed by atoms with Crippen molar-refractivity contribution in [3.63, 3.8) is 0 Å². The fourth-order valence-corrected chi connectivity index (χ4v) is 6.05. The highest BCUT2D eigenvalue weighted by atomic mass is 16.6. The van der Waals surface area contributed by atoms with Gasteiger partial charge in [0.15, 0.2) is 5.72 Å². The maximum atomic E-state index is 13.3. The number of ether oxygens (including phenoxy) is 1. The van der Waals surface area contributed by atoms with E-state index in [0.717, 1.165) is 12.0 Å². The van der Waals surface area contributed by atoms with Crippen LogP contribution in [0, 0.1) is 23.7 Å². The molecule has 7 unspecified atom stereocenters. The van der Waals surface area contributed by atoms with Crippen LogP contribution in [-0.4, -0.2) is 33.7 Å². The Morgan fingerprint density at radius 3 is 2.57 bits per heavy atom. The number of hydrogen-bond donors (Lipinski definition) is 1. The number of hydrogen-bond acceptors (Lipinski definition) is 3. The second kappa shape index (κ2) is 3.98. The van der Waals surface area contributed by atoms with Crippen molar-refractivity contribution in [1.82, 2.24) is 4.90 Å². The summed E-state index contributed by atoms with van der Waals surface area (Å²) in [5.74, 6) is 0.621. The van der Waals surface area contributed by atoms with Crippen LogP contribution in [0.1, 0.15) is 32.8 Å². The van der Waals surface area contributed by atoms with Gasteiger partial charge in [0.2, 0.25) is 5.91 Å². The monoisotopic (exact) mass is 313 g/mol. The zero-order valence-corrected chi connectivity index (χ0v) is 13.8. The van der Waals surface area contributed by atoms with E-state index in [4.69, 9.17) is 4.74 Å². The number of benzene rings is 1. The van der Waals surface area contributed by atoms with Gasteiger partial charge >= 0.3 is 0 Å². The minimum absolute atomic E-state index is 0.0698. The molecule has 4 nitrogen and oxygen atoms in total. The fraction of sp³-hybridized carbons (Fsp3) is 0.632. The molecule has 5 rings (SSSR count). The van der Waals surface area contributed by atoms with Gasteiger partial charge in [-0.2, -0.15) is 0 Å². The molecular formula is C19H23NO3. The summed E-state index contributed by atoms with van der Waals surface area (Å²) in [5, 5.41) is 10.6. The Hall–Kier alpha value is -1.39. The van der Waals surface area contributed by atoms with Crippen LogP contribution in [-0.2, 0) is 15.3 Å². The molecular weight excluding hydrogens is 290 g/mol. The topological polar surface area (TPSA) is 49.8 Å². The van der Waals surface area contributed by atoms with Gasteiger partial charge < -0.3 is 14.7 Å². The van der Waals surface area contributed by atoms with Crippen LogP contribution in [0.15, 0.2) is 30.3 Å². The standard InChI is InChI=1S/C19H23NO3/c1-18(2,3)20-17(22)13-11-9-12-14(13)19(20,23-16(12)15(11)21)10-7-5-4-6-8-10/h4-8,11-16,21H,9H2,1-3H3. The largest absolute Gasteiger partial charge is 0.390 e. The van der Waals surface area contributed by atoms with E-state index in [0.29, 0.717) is 5.92 Å². The van der Waals surface area contributed by atoms with Crippen LogP contribution < -0.4 is 0 Å². The first-order valence-corrected chi connectivity index (χ1v) is 8.63. The highest BCUT2D eigenvalue weighted by Gasteiger charge is 2.79. The van der Waals surface area contributed by atoms with Crippen molar-refractivity contribution in [3.05, 3.63) is 35.9 Å². The van der Waals surface area contributed by atoms with E-state index in [2.05, 4.69) is 32.9 Å². The molecule has 122 valence electrons. The minimum Gasteiger partial charge on any atom is -0.390 e. The molecule has 0 radical (unpaired) electrons. The molecule has 0 aromatic heterocycles. The Kier molecular flexibility index (Phi) is 2.42. The van der Waals surface area contributed by atoms with Crippen LogP contribution in [0.5, 0.6) is 0 Å². The molecule has 2 saturated carbocycles. The number of aliphatic hydroxyl groups excluding tert-OH is 1. The summed E-state index contributed by atoms with van der Waals surface area (Å²) in [6.45, 7) is 6.24. The van der Waals surface area contributed by atoms with Crippen LogP contribution in [0.2, 0.25) is 0 Å². The summed E-state index contributed by atoms with van der Waals surface area (Å²) in [6, 6.07) is 10.1. The Morgan fingerprint density at radius 1 is 1.22 bits per heavy atom. The van der Waals surface area contributed by atoms with Gasteiger partial charge in [-0.05, 0) is 39.0 Å². The minimum atomic E-state index is -0.706. The number of carbonyl (C=O) groups is 1. The normalized spacial score (nSPS) is 47.0. The molecule has 7 atom stereocenters. The molecule has 1 N–H and O–H groups in total. The average molecular weight is 313 g/mol. The number of carbonyl (C=O) groups excluding carboxylic acids is 1.